The van der Waals surface area contributed by atoms with Crippen LogP contribution in [0, 0.1) is 6.92 Å². The smallest absolute Gasteiger partial charge is 0.338 e. The summed E-state index contributed by atoms with van der Waals surface area (Å²) >= 11 is 0. The number of nitrogens with one attached hydrogen (secondary N) is 1. The monoisotopic (exact) mass is 498 g/mol. The lowest BCUT2D eigenvalue weighted by Crippen LogP contribution is -2.28. The molecule has 1 aliphatic heterocycles. The molecule has 0 aliphatic carbocycles. The fraction of sp³-hybridized carbons (Fsp3) is 0.292. The second kappa shape index (κ2) is 9.88. The first-order valence-electron chi connectivity index (χ1n) is 11.1. The van der Waals surface area contributed by atoms with E-state index in [0.29, 0.717) is 24.5 Å². The molecule has 1 fully saturated rings. The van der Waals surface area contributed by atoms with Crippen molar-refractivity contribution in [1.82, 2.24) is 13.7 Å². The van der Waals surface area contributed by atoms with E-state index in [-0.39, 0.29) is 16.1 Å². The number of nitrogens with zero attached hydrogens (tertiary/aromatic N) is 3. The van der Waals surface area contributed by atoms with Gasteiger partial charge in [-0.25, -0.2) is 17.9 Å². The van der Waals surface area contributed by atoms with E-state index in [0.717, 1.165) is 12.8 Å². The Bertz CT molecular complexity index is 1400. The summed E-state index contributed by atoms with van der Waals surface area (Å²) in [6, 6.07) is 14.4. The first-order valence-corrected chi connectivity index (χ1v) is 12.6. The fourth-order valence-electron chi connectivity index (χ4n) is 3.94. The lowest BCUT2D eigenvalue weighted by Gasteiger charge is -2.15. The molecule has 4 rings (SSSR count). The van der Waals surface area contributed by atoms with Gasteiger partial charge < -0.3 is 10.1 Å². The predicted octanol–water partition coefficient (Wildman–Crippen LogP) is 2.06. The molecule has 1 amide bonds. The van der Waals surface area contributed by atoms with Gasteiger partial charge in [-0.3, -0.25) is 14.3 Å². The zero-order chi connectivity index (χ0) is 25.2. The topological polar surface area (TPSA) is 120 Å². The number of sulfonamides is 1. The Kier molecular flexibility index (Phi) is 6.90. The van der Waals surface area contributed by atoms with Crippen LogP contribution in [0.4, 0.5) is 5.69 Å². The molecule has 0 atom stereocenters. The minimum atomic E-state index is -3.59. The van der Waals surface area contributed by atoms with Gasteiger partial charge >= 0.3 is 5.97 Å². The van der Waals surface area contributed by atoms with Crippen LogP contribution in [0.1, 0.15) is 28.9 Å². The summed E-state index contributed by atoms with van der Waals surface area (Å²) in [7, 11) is -1.89. The van der Waals surface area contributed by atoms with E-state index in [1.54, 1.807) is 42.9 Å². The third-order valence-electron chi connectivity index (χ3n) is 5.95. The normalized spacial score (nSPS) is 14.1. The van der Waals surface area contributed by atoms with Crippen molar-refractivity contribution in [3.05, 3.63) is 76.2 Å². The number of hydrogen-bond donors (Lipinski definition) is 1. The highest BCUT2D eigenvalue weighted by Gasteiger charge is 2.27. The lowest BCUT2D eigenvalue weighted by molar-refractivity contribution is -0.119. The van der Waals surface area contributed by atoms with Crippen molar-refractivity contribution >= 4 is 27.6 Å². The summed E-state index contributed by atoms with van der Waals surface area (Å²) in [5, 5.41) is 2.52. The SMILES string of the molecule is Cc1c(NC(=O)COC(=O)c2ccc(S(=O)(=O)N3CCCC3)cc2)c(=O)n(-c2ccccc2)n1C. The Morgan fingerprint density at radius 3 is 2.26 bits per heavy atom. The van der Waals surface area contributed by atoms with Crippen molar-refractivity contribution < 1.29 is 22.7 Å². The summed E-state index contributed by atoms with van der Waals surface area (Å²) in [4.78, 5) is 37.8. The van der Waals surface area contributed by atoms with E-state index < -0.39 is 34.1 Å². The van der Waals surface area contributed by atoms with Gasteiger partial charge in [0.15, 0.2) is 6.61 Å². The molecule has 35 heavy (non-hydrogen) atoms. The molecule has 3 aromatic rings. The summed E-state index contributed by atoms with van der Waals surface area (Å²) in [5.41, 5.74) is 0.971. The number of hydrogen-bond acceptors (Lipinski definition) is 6. The van der Waals surface area contributed by atoms with Crippen LogP contribution in [0.15, 0.2) is 64.3 Å². The Hall–Kier alpha value is -3.70. The third-order valence-corrected chi connectivity index (χ3v) is 7.86. The zero-order valence-electron chi connectivity index (χ0n) is 19.4. The molecule has 0 saturated carbocycles. The van der Waals surface area contributed by atoms with Crippen LogP contribution in [-0.4, -0.2) is 53.7 Å². The van der Waals surface area contributed by atoms with Crippen LogP contribution in [0.5, 0.6) is 0 Å². The maximum Gasteiger partial charge on any atom is 0.338 e. The number of anilines is 1. The summed E-state index contributed by atoms with van der Waals surface area (Å²) in [5.74, 6) is -1.45. The Morgan fingerprint density at radius 1 is 1.00 bits per heavy atom. The van der Waals surface area contributed by atoms with E-state index in [4.69, 9.17) is 4.74 Å². The molecule has 1 aliphatic rings. The van der Waals surface area contributed by atoms with Crippen molar-refractivity contribution in [3.63, 3.8) is 0 Å². The lowest BCUT2D eigenvalue weighted by atomic mass is 10.2. The van der Waals surface area contributed by atoms with Crippen LogP contribution >= 0.6 is 0 Å². The Morgan fingerprint density at radius 2 is 1.63 bits per heavy atom. The van der Waals surface area contributed by atoms with Crippen molar-refractivity contribution in [2.45, 2.75) is 24.7 Å². The van der Waals surface area contributed by atoms with Crippen LogP contribution in [-0.2, 0) is 26.6 Å². The van der Waals surface area contributed by atoms with Gasteiger partial charge in [0, 0.05) is 20.1 Å². The number of benzene rings is 2. The predicted molar refractivity (Wildman–Crippen MR) is 129 cm³/mol. The molecule has 1 N–H and O–H groups in total. The Balaban J connectivity index is 1.40. The number of ether oxygens (including phenoxy) is 1. The molecule has 2 aromatic carbocycles. The maximum absolute atomic E-state index is 12.9. The van der Waals surface area contributed by atoms with Gasteiger partial charge in [0.1, 0.15) is 5.69 Å². The highest BCUT2D eigenvalue weighted by molar-refractivity contribution is 7.89. The average Bonchev–Trinajstić information content (AvgIpc) is 3.48. The summed E-state index contributed by atoms with van der Waals surface area (Å²) in [6.45, 7) is 2.06. The van der Waals surface area contributed by atoms with E-state index in [1.807, 2.05) is 6.07 Å². The van der Waals surface area contributed by atoms with E-state index >= 15 is 0 Å². The van der Waals surface area contributed by atoms with Gasteiger partial charge in [-0.2, -0.15) is 4.31 Å². The van der Waals surface area contributed by atoms with Crippen LogP contribution < -0.4 is 10.9 Å². The highest BCUT2D eigenvalue weighted by atomic mass is 32.2. The average molecular weight is 499 g/mol. The standard InChI is InChI=1S/C24H26N4O6S/c1-17-22(23(30)28(26(17)2)19-8-4-3-5-9-19)25-21(29)16-34-24(31)18-10-12-20(13-11-18)35(32,33)27-14-6-7-15-27/h3-5,8-13H,6-7,14-16H2,1-2H3,(H,25,29). The van der Waals surface area contributed by atoms with Gasteiger partial charge in [-0.15, -0.1) is 0 Å². The minimum absolute atomic E-state index is 0.0916. The second-order valence-electron chi connectivity index (χ2n) is 8.20. The van der Waals surface area contributed by atoms with E-state index in [1.165, 1.54) is 33.3 Å². The number of aromatic nitrogens is 2. The van der Waals surface area contributed by atoms with Crippen LogP contribution in [0.25, 0.3) is 5.69 Å². The summed E-state index contributed by atoms with van der Waals surface area (Å²) < 4.78 is 34.7. The van der Waals surface area contributed by atoms with Crippen LogP contribution in [0.3, 0.4) is 0 Å². The van der Waals surface area contributed by atoms with Crippen molar-refractivity contribution in [3.8, 4) is 5.69 Å². The minimum Gasteiger partial charge on any atom is -0.452 e. The van der Waals surface area contributed by atoms with Gasteiger partial charge in [0.05, 0.1) is 21.8 Å². The largest absolute Gasteiger partial charge is 0.452 e. The molecule has 0 radical (unpaired) electrons. The molecule has 2 heterocycles. The van der Waals surface area contributed by atoms with Gasteiger partial charge in [-0.05, 0) is 56.2 Å². The first kappa shape index (κ1) is 24.4. The first-order chi connectivity index (χ1) is 16.7. The molecular weight excluding hydrogens is 472 g/mol. The third kappa shape index (κ3) is 4.91. The zero-order valence-corrected chi connectivity index (χ0v) is 20.2. The molecule has 1 saturated heterocycles. The maximum atomic E-state index is 12.9. The highest BCUT2D eigenvalue weighted by Crippen LogP contribution is 2.21. The number of carbonyl (C=O) groups excluding carboxylic acids is 2. The molecule has 1 aromatic heterocycles. The van der Waals surface area contributed by atoms with Crippen molar-refractivity contribution in [2.75, 3.05) is 25.0 Å². The molecule has 0 spiro atoms. The summed E-state index contributed by atoms with van der Waals surface area (Å²) in [6.07, 6.45) is 1.66. The molecule has 184 valence electrons. The second-order valence-corrected chi connectivity index (χ2v) is 10.1. The van der Waals surface area contributed by atoms with E-state index in [9.17, 15) is 22.8 Å². The number of esters is 1. The number of carbonyl (C=O) groups is 2. The molecular formula is C24H26N4O6S. The quantitative estimate of drug-likeness (QED) is 0.498. The molecule has 0 bridgehead atoms. The number of para-hydroxylation sites is 1. The van der Waals surface area contributed by atoms with Gasteiger partial charge in [-0.1, -0.05) is 18.2 Å². The Labute approximate surface area is 202 Å². The van der Waals surface area contributed by atoms with Crippen LogP contribution in [0.2, 0.25) is 0 Å². The van der Waals surface area contributed by atoms with Gasteiger partial charge in [0.2, 0.25) is 10.0 Å². The number of amides is 1. The van der Waals surface area contributed by atoms with Gasteiger partial charge in [0.25, 0.3) is 11.5 Å². The fourth-order valence-corrected chi connectivity index (χ4v) is 5.46. The van der Waals surface area contributed by atoms with E-state index in [2.05, 4.69) is 5.32 Å². The molecule has 10 nitrogen and oxygen atoms in total. The van der Waals surface area contributed by atoms with Crippen molar-refractivity contribution in [2.24, 2.45) is 7.05 Å². The number of rotatable bonds is 7. The van der Waals surface area contributed by atoms with Crippen molar-refractivity contribution in [1.29, 1.82) is 0 Å². The molecule has 0 unspecified atom stereocenters. The molecule has 11 heteroatoms.